The molecule has 0 unspecified atom stereocenters. The van der Waals surface area contributed by atoms with Crippen LogP contribution in [0.2, 0.25) is 0 Å². The molecule has 0 aliphatic carbocycles. The van der Waals surface area contributed by atoms with Gasteiger partial charge in [-0.1, -0.05) is 12.1 Å². The Morgan fingerprint density at radius 1 is 1.21 bits per heavy atom. The number of alkyl halides is 6. The van der Waals surface area contributed by atoms with E-state index >= 15 is 0 Å². The lowest BCUT2D eigenvalue weighted by molar-refractivity contribution is -0.143. The Balaban J connectivity index is 1.71. The molecule has 2 aliphatic heterocycles. The number of allylic oxidation sites excluding steroid dienone is 1. The zero-order valence-electron chi connectivity index (χ0n) is 20.9. The van der Waals surface area contributed by atoms with E-state index in [0.29, 0.717) is 36.9 Å². The van der Waals surface area contributed by atoms with Crippen LogP contribution in [0.25, 0.3) is 0 Å². The molecule has 7 nitrogen and oxygen atoms in total. The van der Waals surface area contributed by atoms with Crippen LogP contribution in [0.1, 0.15) is 29.5 Å². The molecule has 38 heavy (non-hydrogen) atoms. The van der Waals surface area contributed by atoms with Gasteiger partial charge >= 0.3 is 12.4 Å². The Kier molecular flexibility index (Phi) is 9.52. The molecule has 2 aliphatic rings. The largest absolute Gasteiger partial charge is 0.416 e. The van der Waals surface area contributed by atoms with Crippen molar-refractivity contribution in [2.24, 2.45) is 10.9 Å². The number of thioether (sulfide) groups is 1. The molecule has 1 aromatic rings. The van der Waals surface area contributed by atoms with Gasteiger partial charge in [-0.05, 0) is 61.3 Å². The van der Waals surface area contributed by atoms with Gasteiger partial charge < -0.3 is 15.0 Å². The number of methoxy groups -OCH3 is 1. The minimum Gasteiger partial charge on any atom is -0.382 e. The van der Waals surface area contributed by atoms with Crippen LogP contribution in [0.3, 0.4) is 0 Å². The number of amides is 2. The molecule has 1 N–H and O–H groups in total. The summed E-state index contributed by atoms with van der Waals surface area (Å²) in [5, 5.41) is 2.29. The molecule has 0 aromatic heterocycles. The highest BCUT2D eigenvalue weighted by Crippen LogP contribution is 2.38. The molecule has 1 atom stereocenters. The third-order valence-electron chi connectivity index (χ3n) is 6.15. The number of nitrogens with zero attached hydrogens (tertiary/aromatic N) is 3. The van der Waals surface area contributed by atoms with Gasteiger partial charge in [0.25, 0.3) is 5.24 Å². The third-order valence-corrected chi connectivity index (χ3v) is 6.98. The second-order valence-electron chi connectivity index (χ2n) is 9.21. The van der Waals surface area contributed by atoms with Crippen LogP contribution in [-0.2, 0) is 28.4 Å². The maximum atomic E-state index is 13.5. The van der Waals surface area contributed by atoms with Crippen molar-refractivity contribution in [3.8, 4) is 0 Å². The van der Waals surface area contributed by atoms with Crippen LogP contribution < -0.4 is 5.32 Å². The van der Waals surface area contributed by atoms with E-state index in [4.69, 9.17) is 4.74 Å². The Bertz CT molecular complexity index is 1100. The SMILES string of the molecule is COC[C@@H](N=C1NC(=O)SC1=CC1CCN(Cc2ccc(C(F)(F)F)cc2C(F)(F)F)CC1)C(=O)N(C)C. The van der Waals surface area contributed by atoms with Gasteiger partial charge in [0.1, 0.15) is 5.84 Å². The molecular formula is C24H28F6N4O3S. The molecular weight excluding hydrogens is 538 g/mol. The molecule has 3 rings (SSSR count). The van der Waals surface area contributed by atoms with Gasteiger partial charge in [-0.15, -0.1) is 0 Å². The van der Waals surface area contributed by atoms with E-state index < -0.39 is 29.5 Å². The van der Waals surface area contributed by atoms with Crippen molar-refractivity contribution in [3.63, 3.8) is 0 Å². The van der Waals surface area contributed by atoms with Gasteiger partial charge in [-0.3, -0.25) is 19.5 Å². The van der Waals surface area contributed by atoms with E-state index in [2.05, 4.69) is 10.3 Å². The van der Waals surface area contributed by atoms with E-state index in [9.17, 15) is 35.9 Å². The first kappa shape index (κ1) is 30.0. The normalized spacial score (nSPS) is 20.7. The molecule has 0 saturated carbocycles. The summed E-state index contributed by atoms with van der Waals surface area (Å²) in [6.45, 7) is 0.715. The number of ether oxygens (including phenoxy) is 1. The minimum atomic E-state index is -4.91. The number of hydrogen-bond acceptors (Lipinski definition) is 6. The fraction of sp³-hybridized carbons (Fsp3) is 0.542. The number of nitrogens with one attached hydrogen (secondary N) is 1. The van der Waals surface area contributed by atoms with Crippen molar-refractivity contribution in [3.05, 3.63) is 45.9 Å². The van der Waals surface area contributed by atoms with Crippen molar-refractivity contribution < 1.29 is 40.7 Å². The van der Waals surface area contributed by atoms with Crippen LogP contribution >= 0.6 is 11.8 Å². The maximum absolute atomic E-state index is 13.5. The number of likely N-dealkylation sites (N-methyl/N-ethyl adjacent to an activating group) is 1. The number of rotatable bonds is 7. The highest BCUT2D eigenvalue weighted by Gasteiger charge is 2.38. The van der Waals surface area contributed by atoms with Crippen molar-refractivity contribution in [1.29, 1.82) is 0 Å². The highest BCUT2D eigenvalue weighted by molar-refractivity contribution is 8.18. The van der Waals surface area contributed by atoms with E-state index in [1.165, 1.54) is 12.0 Å². The Morgan fingerprint density at radius 2 is 1.87 bits per heavy atom. The first-order valence-corrected chi connectivity index (χ1v) is 12.5. The second kappa shape index (κ2) is 12.1. The summed E-state index contributed by atoms with van der Waals surface area (Å²) in [6, 6.07) is 0.871. The predicted molar refractivity (Wildman–Crippen MR) is 130 cm³/mol. The molecule has 0 bridgehead atoms. The lowest BCUT2D eigenvalue weighted by atomic mass is 9.95. The van der Waals surface area contributed by atoms with Gasteiger partial charge in [0.2, 0.25) is 5.91 Å². The molecule has 1 aromatic carbocycles. The number of piperidine rings is 1. The van der Waals surface area contributed by atoms with Crippen LogP contribution in [0.4, 0.5) is 31.1 Å². The summed E-state index contributed by atoms with van der Waals surface area (Å²) in [5.41, 5.74) is -2.84. The standard InChI is InChI=1S/C24H28F6N4O3S/c1-33(2)21(35)18(13-37-3)31-20-19(38-22(36)32-20)10-14-6-8-34(9-7-14)12-15-4-5-16(23(25,26)27)11-17(15)24(28,29)30/h4-5,10-11,14,18H,6-9,12-13H2,1-3H3,(H,31,32,36)/t18-/m1/s1. The summed E-state index contributed by atoms with van der Waals surface area (Å²) >= 11 is 0.943. The summed E-state index contributed by atoms with van der Waals surface area (Å²) < 4.78 is 84.4. The first-order chi connectivity index (χ1) is 17.7. The molecule has 0 spiro atoms. The predicted octanol–water partition coefficient (Wildman–Crippen LogP) is 4.78. The Hall–Kier alpha value is -2.58. The maximum Gasteiger partial charge on any atom is 0.416 e. The lowest BCUT2D eigenvalue weighted by Crippen LogP contribution is -2.37. The molecule has 2 heterocycles. The van der Waals surface area contributed by atoms with E-state index in [1.807, 2.05) is 6.08 Å². The number of carbonyl (C=O) groups is 2. The smallest absolute Gasteiger partial charge is 0.382 e. The average molecular weight is 567 g/mol. The van der Waals surface area contributed by atoms with E-state index in [1.54, 1.807) is 19.0 Å². The second-order valence-corrected chi connectivity index (χ2v) is 10.2. The topological polar surface area (TPSA) is 74.2 Å². The summed E-state index contributed by atoms with van der Waals surface area (Å²) in [4.78, 5) is 32.5. The quantitative estimate of drug-likeness (QED) is 0.481. The fourth-order valence-corrected chi connectivity index (χ4v) is 5.01. The van der Waals surface area contributed by atoms with Crippen molar-refractivity contribution in [2.45, 2.75) is 37.8 Å². The zero-order chi connectivity index (χ0) is 28.3. The van der Waals surface area contributed by atoms with Crippen LogP contribution in [0.15, 0.2) is 34.2 Å². The third kappa shape index (κ3) is 7.73. The first-order valence-electron chi connectivity index (χ1n) is 11.7. The molecule has 2 saturated heterocycles. The van der Waals surface area contributed by atoms with Crippen molar-refractivity contribution in [2.75, 3.05) is 40.9 Å². The molecule has 14 heteroatoms. The Labute approximate surface area is 220 Å². The number of halogens is 6. The lowest BCUT2D eigenvalue weighted by Gasteiger charge is -2.31. The molecule has 2 amide bonds. The number of likely N-dealkylation sites (tertiary alicyclic amines) is 1. The molecule has 0 radical (unpaired) electrons. The monoisotopic (exact) mass is 566 g/mol. The highest BCUT2D eigenvalue weighted by atomic mass is 32.2. The fourth-order valence-electron chi connectivity index (χ4n) is 4.20. The Morgan fingerprint density at radius 3 is 2.42 bits per heavy atom. The number of hydrogen-bond donors (Lipinski definition) is 1. The minimum absolute atomic E-state index is 0.00762. The van der Waals surface area contributed by atoms with Crippen LogP contribution in [0, 0.1) is 5.92 Å². The number of benzene rings is 1. The number of aliphatic imine (C=N–C) groups is 1. The zero-order valence-corrected chi connectivity index (χ0v) is 21.8. The van der Waals surface area contributed by atoms with E-state index in [-0.39, 0.29) is 47.7 Å². The van der Waals surface area contributed by atoms with Crippen molar-refractivity contribution in [1.82, 2.24) is 15.1 Å². The van der Waals surface area contributed by atoms with Crippen LogP contribution in [0.5, 0.6) is 0 Å². The van der Waals surface area contributed by atoms with Crippen molar-refractivity contribution >= 4 is 28.7 Å². The summed E-state index contributed by atoms with van der Waals surface area (Å²) in [5.74, 6) is -0.0364. The summed E-state index contributed by atoms with van der Waals surface area (Å²) in [7, 11) is 4.60. The molecule has 2 fully saturated rings. The summed E-state index contributed by atoms with van der Waals surface area (Å²) in [6.07, 6.45) is -6.80. The van der Waals surface area contributed by atoms with Gasteiger partial charge in [0.05, 0.1) is 22.6 Å². The van der Waals surface area contributed by atoms with Gasteiger partial charge in [-0.2, -0.15) is 26.3 Å². The number of amidine groups is 1. The average Bonchev–Trinajstić information content (AvgIpc) is 3.16. The van der Waals surface area contributed by atoms with Gasteiger partial charge in [-0.25, -0.2) is 0 Å². The number of carbonyl (C=O) groups excluding carboxylic acids is 2. The molecule has 210 valence electrons. The van der Waals surface area contributed by atoms with Crippen LogP contribution in [-0.4, -0.2) is 73.7 Å². The van der Waals surface area contributed by atoms with E-state index in [0.717, 1.165) is 17.8 Å². The van der Waals surface area contributed by atoms with Gasteiger partial charge in [0, 0.05) is 27.7 Å². The van der Waals surface area contributed by atoms with Gasteiger partial charge in [0.15, 0.2) is 6.04 Å².